The van der Waals surface area contributed by atoms with E-state index in [-0.39, 0.29) is 6.61 Å². The van der Waals surface area contributed by atoms with E-state index in [9.17, 15) is 15.3 Å². The number of benzene rings is 2. The Labute approximate surface area is 176 Å². The lowest BCUT2D eigenvalue weighted by atomic mass is 10.2. The molecule has 0 aliphatic heterocycles. The van der Waals surface area contributed by atoms with Crippen molar-refractivity contribution in [2.45, 2.75) is 25.3 Å². The van der Waals surface area contributed by atoms with Crippen molar-refractivity contribution in [3.63, 3.8) is 0 Å². The minimum absolute atomic E-state index is 0.0215. The van der Waals surface area contributed by atoms with Crippen LogP contribution < -0.4 is 4.90 Å². The van der Waals surface area contributed by atoms with Gasteiger partial charge in [-0.3, -0.25) is 0 Å². The van der Waals surface area contributed by atoms with Crippen molar-refractivity contribution in [2.24, 2.45) is 0 Å². The number of hydrogen-bond donors (Lipinski definition) is 4. The van der Waals surface area contributed by atoms with Crippen molar-refractivity contribution < 1.29 is 20.2 Å². The molecule has 2 aromatic heterocycles. The molecule has 2 atom stereocenters. The second-order valence-electron chi connectivity index (χ2n) is 7.99. The van der Waals surface area contributed by atoms with E-state index in [2.05, 4.69) is 21.3 Å². The van der Waals surface area contributed by atoms with Crippen molar-refractivity contribution in [3.8, 4) is 0 Å². The molecule has 6 heteroatoms. The van der Waals surface area contributed by atoms with Gasteiger partial charge in [-0.25, -0.2) is 0 Å². The summed E-state index contributed by atoms with van der Waals surface area (Å²) >= 11 is 0. The van der Waals surface area contributed by atoms with Gasteiger partial charge in [-0.05, 0) is 35.0 Å². The summed E-state index contributed by atoms with van der Waals surface area (Å²) in [4.78, 5) is 0.991. The molecule has 0 aliphatic carbocycles. The van der Waals surface area contributed by atoms with Gasteiger partial charge in [-0.1, -0.05) is 36.4 Å². The fraction of sp³-hybridized carbons (Fsp3) is 0.333. The van der Waals surface area contributed by atoms with E-state index < -0.39 is 12.2 Å². The summed E-state index contributed by atoms with van der Waals surface area (Å²) in [7, 11) is 0. The third-order valence-corrected chi connectivity index (χ3v) is 5.69. The van der Waals surface area contributed by atoms with Crippen LogP contribution in [0.15, 0.2) is 73.1 Å². The molecule has 30 heavy (non-hydrogen) atoms. The maximum Gasteiger partial charge on any atom is 0.121 e. The lowest BCUT2D eigenvalue weighted by Gasteiger charge is -2.24. The number of fused-ring (bicyclic) bond motifs is 2. The molecule has 0 aliphatic rings. The van der Waals surface area contributed by atoms with Gasteiger partial charge >= 0.3 is 0 Å². The van der Waals surface area contributed by atoms with Gasteiger partial charge in [0.15, 0.2) is 0 Å². The Morgan fingerprint density at radius 1 is 0.700 bits per heavy atom. The van der Waals surface area contributed by atoms with Crippen molar-refractivity contribution in [1.29, 1.82) is 0 Å². The molecule has 158 valence electrons. The highest BCUT2D eigenvalue weighted by Crippen LogP contribution is 2.16. The first kappa shape index (κ1) is 20.6. The van der Waals surface area contributed by atoms with Gasteiger partial charge in [-0.2, -0.15) is 0 Å². The Hall–Kier alpha value is -2.64. The second kappa shape index (κ2) is 9.45. The molecule has 2 unspecified atom stereocenters. The third-order valence-electron chi connectivity index (χ3n) is 5.69. The van der Waals surface area contributed by atoms with Gasteiger partial charge in [0.05, 0.1) is 19.7 Å². The van der Waals surface area contributed by atoms with Crippen molar-refractivity contribution >= 4 is 21.8 Å². The fourth-order valence-corrected chi connectivity index (χ4v) is 4.29. The van der Waals surface area contributed by atoms with Crippen LogP contribution in [0.2, 0.25) is 0 Å². The largest absolute Gasteiger partial charge is 0.391 e. The van der Waals surface area contributed by atoms with E-state index in [1.807, 2.05) is 60.9 Å². The topological polar surface area (TPSA) is 75.0 Å². The highest BCUT2D eigenvalue weighted by Gasteiger charge is 2.20. The average molecular weight is 409 g/mol. The zero-order valence-electron chi connectivity index (χ0n) is 17.1. The standard InChI is InChI=1S/C24H29N3O3/c28-14-13-25(15-21(29)17-26-11-9-19-5-1-3-7-23(19)26)16-22(30)18-27-12-10-20-6-2-4-8-24(20)27/h1-12,21-22,28-30H,13-18H2/p+1. The van der Waals surface area contributed by atoms with E-state index >= 15 is 0 Å². The van der Waals surface area contributed by atoms with Crippen LogP contribution in [-0.4, -0.2) is 62.9 Å². The molecular weight excluding hydrogens is 378 g/mol. The van der Waals surface area contributed by atoms with Gasteiger partial charge in [0, 0.05) is 23.4 Å². The van der Waals surface area contributed by atoms with Crippen LogP contribution in [0.1, 0.15) is 0 Å². The van der Waals surface area contributed by atoms with Crippen LogP contribution in [0.3, 0.4) is 0 Å². The molecule has 4 rings (SSSR count). The molecule has 2 aromatic carbocycles. The molecule has 0 radical (unpaired) electrons. The van der Waals surface area contributed by atoms with Gasteiger partial charge in [0.1, 0.15) is 31.8 Å². The van der Waals surface area contributed by atoms with Crippen LogP contribution in [0.5, 0.6) is 0 Å². The minimum atomic E-state index is -0.568. The summed E-state index contributed by atoms with van der Waals surface area (Å²) in [6.45, 7) is 2.43. The SMILES string of the molecule is OCC[NH+](CC(O)Cn1ccc2ccccc21)CC(O)Cn1ccc2ccccc21. The van der Waals surface area contributed by atoms with E-state index in [1.54, 1.807) is 0 Å². The summed E-state index contributed by atoms with van der Waals surface area (Å²) in [6.07, 6.45) is 2.85. The van der Waals surface area contributed by atoms with Crippen LogP contribution in [-0.2, 0) is 13.1 Å². The first-order chi connectivity index (χ1) is 14.6. The maximum absolute atomic E-state index is 10.7. The maximum atomic E-state index is 10.7. The molecule has 0 saturated heterocycles. The zero-order chi connectivity index (χ0) is 20.9. The summed E-state index contributed by atoms with van der Waals surface area (Å²) in [6, 6.07) is 20.3. The predicted octanol–water partition coefficient (Wildman–Crippen LogP) is 0.895. The number of aliphatic hydroxyl groups excluding tert-OH is 3. The Kier molecular flexibility index (Phi) is 6.50. The van der Waals surface area contributed by atoms with Gasteiger partial charge in [0.25, 0.3) is 0 Å². The van der Waals surface area contributed by atoms with Crippen molar-refractivity contribution in [1.82, 2.24) is 9.13 Å². The Morgan fingerprint density at radius 2 is 1.17 bits per heavy atom. The molecule has 4 aromatic rings. The van der Waals surface area contributed by atoms with Crippen LogP contribution in [0.4, 0.5) is 0 Å². The lowest BCUT2D eigenvalue weighted by molar-refractivity contribution is -0.906. The molecule has 0 fully saturated rings. The molecule has 6 nitrogen and oxygen atoms in total. The highest BCUT2D eigenvalue weighted by molar-refractivity contribution is 5.80. The molecule has 2 heterocycles. The summed E-state index contributed by atoms with van der Waals surface area (Å²) in [5.41, 5.74) is 2.19. The smallest absolute Gasteiger partial charge is 0.121 e. The number of hydrogen-bond acceptors (Lipinski definition) is 3. The summed E-state index contributed by atoms with van der Waals surface area (Å²) in [5, 5.41) is 33.1. The molecular formula is C24H30N3O3+. The number of nitrogens with zero attached hydrogens (tertiary/aromatic N) is 2. The highest BCUT2D eigenvalue weighted by atomic mass is 16.3. The van der Waals surface area contributed by atoms with Crippen molar-refractivity contribution in [3.05, 3.63) is 73.1 Å². The van der Waals surface area contributed by atoms with Gasteiger partial charge in [-0.15, -0.1) is 0 Å². The number of rotatable bonds is 10. The normalized spacial score (nSPS) is 14.9. The third kappa shape index (κ3) is 4.74. The molecule has 0 bridgehead atoms. The quantitative estimate of drug-likeness (QED) is 0.315. The summed E-state index contributed by atoms with van der Waals surface area (Å²) in [5.74, 6) is 0. The van der Waals surface area contributed by atoms with Gasteiger partial charge < -0.3 is 29.4 Å². The molecule has 0 saturated carbocycles. The average Bonchev–Trinajstić information content (AvgIpc) is 3.33. The monoisotopic (exact) mass is 408 g/mol. The zero-order valence-corrected chi connectivity index (χ0v) is 17.1. The first-order valence-electron chi connectivity index (χ1n) is 10.5. The predicted molar refractivity (Wildman–Crippen MR) is 119 cm³/mol. The van der Waals surface area contributed by atoms with Crippen LogP contribution in [0.25, 0.3) is 21.8 Å². The first-order valence-corrected chi connectivity index (χ1v) is 10.5. The lowest BCUT2D eigenvalue weighted by Crippen LogP contribution is -3.14. The van der Waals surface area contributed by atoms with Crippen LogP contribution >= 0.6 is 0 Å². The number of aromatic nitrogens is 2. The van der Waals surface area contributed by atoms with Gasteiger partial charge in [0.2, 0.25) is 0 Å². The number of aliphatic hydroxyl groups is 3. The number of quaternary nitrogens is 1. The Balaban J connectivity index is 1.36. The molecule has 0 amide bonds. The van der Waals surface area contributed by atoms with Crippen LogP contribution in [0, 0.1) is 0 Å². The fourth-order valence-electron chi connectivity index (χ4n) is 4.29. The second-order valence-corrected chi connectivity index (χ2v) is 7.99. The van der Waals surface area contributed by atoms with Crippen molar-refractivity contribution in [2.75, 3.05) is 26.2 Å². The van der Waals surface area contributed by atoms with E-state index in [0.717, 1.165) is 26.7 Å². The Bertz CT molecular complexity index is 1000. The Morgan fingerprint density at radius 3 is 1.63 bits per heavy atom. The van der Waals surface area contributed by atoms with E-state index in [4.69, 9.17) is 0 Å². The molecule has 0 spiro atoms. The van der Waals surface area contributed by atoms with E-state index in [1.165, 1.54) is 0 Å². The number of nitrogens with one attached hydrogen (secondary N) is 1. The number of para-hydroxylation sites is 2. The van der Waals surface area contributed by atoms with E-state index in [0.29, 0.717) is 32.7 Å². The molecule has 4 N–H and O–H groups in total. The minimum Gasteiger partial charge on any atom is -0.391 e. The summed E-state index contributed by atoms with van der Waals surface area (Å²) < 4.78 is 4.11.